The number of ether oxygens (including phenoxy) is 1. The Bertz CT molecular complexity index is 1030. The van der Waals surface area contributed by atoms with Gasteiger partial charge in [0.15, 0.2) is 0 Å². The second-order valence-corrected chi connectivity index (χ2v) is 7.08. The lowest BCUT2D eigenvalue weighted by molar-refractivity contribution is -0.117. The third-order valence-corrected chi connectivity index (χ3v) is 4.82. The molecule has 1 fully saturated rings. The Balaban J connectivity index is 1.40. The van der Waals surface area contributed by atoms with Gasteiger partial charge in [-0.05, 0) is 49.4 Å². The van der Waals surface area contributed by atoms with E-state index in [0.29, 0.717) is 18.0 Å². The first-order valence-corrected chi connectivity index (χ1v) is 9.44. The van der Waals surface area contributed by atoms with Crippen molar-refractivity contribution in [2.45, 2.75) is 19.4 Å². The smallest absolute Gasteiger partial charge is 0.269 e. The predicted molar refractivity (Wildman–Crippen MR) is 109 cm³/mol. The van der Waals surface area contributed by atoms with Crippen LogP contribution >= 0.6 is 0 Å². The van der Waals surface area contributed by atoms with Crippen LogP contribution in [-0.4, -0.2) is 34.2 Å². The normalized spacial score (nSPS) is 16.1. The molecule has 2 amide bonds. The van der Waals surface area contributed by atoms with Crippen molar-refractivity contribution in [3.8, 4) is 11.5 Å². The van der Waals surface area contributed by atoms with Gasteiger partial charge >= 0.3 is 0 Å². The Hall–Kier alpha value is -3.61. The fraction of sp³-hybridized carbons (Fsp3) is 0.227. The van der Waals surface area contributed by atoms with Crippen LogP contribution in [0, 0.1) is 6.92 Å². The van der Waals surface area contributed by atoms with Gasteiger partial charge in [0.25, 0.3) is 5.91 Å². The molecule has 2 heterocycles. The molecule has 0 aliphatic carbocycles. The van der Waals surface area contributed by atoms with Crippen LogP contribution < -0.4 is 15.0 Å². The van der Waals surface area contributed by atoms with Gasteiger partial charge in [-0.2, -0.15) is 5.10 Å². The number of hydrogen-bond acceptors (Lipinski definition) is 4. The third-order valence-electron chi connectivity index (χ3n) is 4.82. The number of hydrogen-bond donors (Lipinski definition) is 1. The van der Waals surface area contributed by atoms with Crippen LogP contribution in [0.25, 0.3) is 0 Å². The highest BCUT2D eigenvalue weighted by Crippen LogP contribution is 2.27. The zero-order valence-electron chi connectivity index (χ0n) is 16.3. The number of anilines is 1. The van der Waals surface area contributed by atoms with Gasteiger partial charge in [-0.15, -0.1) is 0 Å². The van der Waals surface area contributed by atoms with Gasteiger partial charge in [0.2, 0.25) is 5.91 Å². The van der Waals surface area contributed by atoms with Crippen molar-refractivity contribution in [3.63, 3.8) is 0 Å². The Kier molecular flexibility index (Phi) is 5.03. The molecular weight excluding hydrogens is 368 g/mol. The van der Waals surface area contributed by atoms with Crippen LogP contribution in [0.4, 0.5) is 5.69 Å². The molecule has 2 aromatic carbocycles. The van der Waals surface area contributed by atoms with E-state index in [1.165, 1.54) is 0 Å². The summed E-state index contributed by atoms with van der Waals surface area (Å²) in [6, 6.07) is 18.4. The van der Waals surface area contributed by atoms with Crippen LogP contribution in [0.2, 0.25) is 0 Å². The highest BCUT2D eigenvalue weighted by atomic mass is 16.5. The van der Waals surface area contributed by atoms with Gasteiger partial charge in [-0.25, -0.2) is 0 Å². The number of amides is 2. The summed E-state index contributed by atoms with van der Waals surface area (Å²) >= 11 is 0. The Labute approximate surface area is 168 Å². The second kappa shape index (κ2) is 7.79. The summed E-state index contributed by atoms with van der Waals surface area (Å²) in [6.07, 6.45) is 0.269. The van der Waals surface area contributed by atoms with E-state index < -0.39 is 0 Å². The maximum absolute atomic E-state index is 12.5. The maximum Gasteiger partial charge on any atom is 0.269 e. The summed E-state index contributed by atoms with van der Waals surface area (Å²) in [5.41, 5.74) is 2.04. The lowest BCUT2D eigenvalue weighted by atomic mass is 10.2. The van der Waals surface area contributed by atoms with Crippen molar-refractivity contribution in [3.05, 3.63) is 72.1 Å². The first-order chi connectivity index (χ1) is 14.0. The van der Waals surface area contributed by atoms with E-state index in [1.54, 1.807) is 22.7 Å². The Morgan fingerprint density at radius 1 is 1.10 bits per heavy atom. The molecule has 1 aliphatic heterocycles. The molecule has 1 aromatic heterocycles. The zero-order valence-corrected chi connectivity index (χ0v) is 16.3. The van der Waals surface area contributed by atoms with Crippen LogP contribution in [-0.2, 0) is 11.8 Å². The molecule has 1 N–H and O–H groups in total. The van der Waals surface area contributed by atoms with Gasteiger partial charge in [0.05, 0.1) is 11.7 Å². The standard InChI is InChI=1S/C22H22N4O3/c1-15-12-20(25(2)24-15)22(28)23-16-13-21(27)26(14-16)17-8-10-19(11-9-17)29-18-6-4-3-5-7-18/h3-12,16H,13-14H2,1-2H3,(H,23,28). The van der Waals surface area contributed by atoms with E-state index in [0.717, 1.165) is 17.1 Å². The van der Waals surface area contributed by atoms with Crippen molar-refractivity contribution in [2.75, 3.05) is 11.4 Å². The van der Waals surface area contributed by atoms with Crippen molar-refractivity contribution in [1.29, 1.82) is 0 Å². The molecule has 148 valence electrons. The molecule has 0 spiro atoms. The molecule has 0 bridgehead atoms. The number of carbonyl (C=O) groups is 2. The molecule has 7 nitrogen and oxygen atoms in total. The van der Waals surface area contributed by atoms with Crippen LogP contribution in [0.1, 0.15) is 22.6 Å². The fourth-order valence-electron chi connectivity index (χ4n) is 3.46. The van der Waals surface area contributed by atoms with Crippen molar-refractivity contribution < 1.29 is 14.3 Å². The predicted octanol–water partition coefficient (Wildman–Crippen LogP) is 3.06. The molecule has 1 unspecified atom stereocenters. The summed E-state index contributed by atoms with van der Waals surface area (Å²) in [4.78, 5) is 26.6. The molecule has 4 rings (SSSR count). The van der Waals surface area contributed by atoms with Gasteiger partial charge < -0.3 is 15.0 Å². The first-order valence-electron chi connectivity index (χ1n) is 9.44. The van der Waals surface area contributed by atoms with Crippen LogP contribution in [0.15, 0.2) is 60.7 Å². The largest absolute Gasteiger partial charge is 0.457 e. The van der Waals surface area contributed by atoms with E-state index in [1.807, 2.05) is 61.5 Å². The topological polar surface area (TPSA) is 76.5 Å². The summed E-state index contributed by atoms with van der Waals surface area (Å²) in [5, 5.41) is 7.13. The summed E-state index contributed by atoms with van der Waals surface area (Å²) < 4.78 is 7.34. The summed E-state index contributed by atoms with van der Waals surface area (Å²) in [5.74, 6) is 1.21. The summed E-state index contributed by atoms with van der Waals surface area (Å²) in [7, 11) is 1.73. The number of para-hydroxylation sites is 1. The lowest BCUT2D eigenvalue weighted by Gasteiger charge is -2.18. The number of nitrogens with zero attached hydrogens (tertiary/aromatic N) is 3. The van der Waals surface area contributed by atoms with Crippen LogP contribution in [0.3, 0.4) is 0 Å². The average Bonchev–Trinajstić information content (AvgIpc) is 3.24. The number of aryl methyl sites for hydroxylation is 2. The highest BCUT2D eigenvalue weighted by molar-refractivity contribution is 5.98. The number of rotatable bonds is 5. The van der Waals surface area contributed by atoms with E-state index in [9.17, 15) is 9.59 Å². The Morgan fingerprint density at radius 3 is 2.45 bits per heavy atom. The third kappa shape index (κ3) is 4.13. The molecule has 1 aliphatic rings. The molecule has 29 heavy (non-hydrogen) atoms. The van der Waals surface area contributed by atoms with E-state index >= 15 is 0 Å². The molecular formula is C22H22N4O3. The SMILES string of the molecule is Cc1cc(C(=O)NC2CC(=O)N(c3ccc(Oc4ccccc4)cc3)C2)n(C)n1. The molecule has 0 saturated carbocycles. The second-order valence-electron chi connectivity index (χ2n) is 7.08. The van der Waals surface area contributed by atoms with Crippen LogP contribution in [0.5, 0.6) is 11.5 Å². The first kappa shape index (κ1) is 18.7. The summed E-state index contributed by atoms with van der Waals surface area (Å²) in [6.45, 7) is 2.27. The minimum absolute atomic E-state index is 0.0202. The molecule has 7 heteroatoms. The number of aromatic nitrogens is 2. The zero-order chi connectivity index (χ0) is 20.4. The van der Waals surface area contributed by atoms with Gasteiger partial charge in [-0.1, -0.05) is 18.2 Å². The van der Waals surface area contributed by atoms with Gasteiger partial charge in [-0.3, -0.25) is 14.3 Å². The monoisotopic (exact) mass is 390 g/mol. The molecule has 1 saturated heterocycles. The van der Waals surface area contributed by atoms with Gasteiger partial charge in [0, 0.05) is 25.7 Å². The highest BCUT2D eigenvalue weighted by Gasteiger charge is 2.32. The average molecular weight is 390 g/mol. The number of nitrogens with one attached hydrogen (secondary N) is 1. The van der Waals surface area contributed by atoms with Gasteiger partial charge in [0.1, 0.15) is 17.2 Å². The van der Waals surface area contributed by atoms with E-state index in [2.05, 4.69) is 10.4 Å². The van der Waals surface area contributed by atoms with Crippen molar-refractivity contribution in [2.24, 2.45) is 7.05 Å². The lowest BCUT2D eigenvalue weighted by Crippen LogP contribution is -2.38. The minimum Gasteiger partial charge on any atom is -0.457 e. The van der Waals surface area contributed by atoms with Crippen molar-refractivity contribution >= 4 is 17.5 Å². The Morgan fingerprint density at radius 2 is 1.79 bits per heavy atom. The molecule has 0 radical (unpaired) electrons. The van der Waals surface area contributed by atoms with Crippen molar-refractivity contribution in [1.82, 2.24) is 15.1 Å². The number of carbonyl (C=O) groups excluding carboxylic acids is 2. The van der Waals surface area contributed by atoms with E-state index in [4.69, 9.17) is 4.74 Å². The quantitative estimate of drug-likeness (QED) is 0.726. The fourth-order valence-corrected chi connectivity index (χ4v) is 3.46. The minimum atomic E-state index is -0.245. The molecule has 3 aromatic rings. The number of benzene rings is 2. The molecule has 1 atom stereocenters. The van der Waals surface area contributed by atoms with E-state index in [-0.39, 0.29) is 24.3 Å². The maximum atomic E-state index is 12.5.